The molecule has 107 valence electrons. The number of amidine groups is 1. The van der Waals surface area contributed by atoms with Crippen LogP contribution < -0.4 is 10.1 Å². The van der Waals surface area contributed by atoms with Crippen LogP contribution in [-0.4, -0.2) is 33.8 Å². The fourth-order valence-electron chi connectivity index (χ4n) is 1.70. The van der Waals surface area contributed by atoms with Gasteiger partial charge in [0.05, 0.1) is 0 Å². The van der Waals surface area contributed by atoms with Crippen molar-refractivity contribution in [1.82, 2.24) is 5.32 Å². The summed E-state index contributed by atoms with van der Waals surface area (Å²) in [4.78, 5) is 16.3. The van der Waals surface area contributed by atoms with Crippen molar-refractivity contribution < 1.29 is 9.53 Å². The number of nitrogens with zero attached hydrogens (tertiary/aromatic N) is 1. The van der Waals surface area contributed by atoms with Gasteiger partial charge in [-0.2, -0.15) is 0 Å². The predicted molar refractivity (Wildman–Crippen MR) is 83.8 cm³/mol. The van der Waals surface area contributed by atoms with Gasteiger partial charge in [-0.1, -0.05) is 0 Å². The summed E-state index contributed by atoms with van der Waals surface area (Å²) in [5.41, 5.74) is 1.64. The van der Waals surface area contributed by atoms with Crippen LogP contribution in [0.25, 0.3) is 0 Å². The summed E-state index contributed by atoms with van der Waals surface area (Å²) in [5, 5.41) is 2.72. The zero-order chi connectivity index (χ0) is 15.1. The van der Waals surface area contributed by atoms with Crippen molar-refractivity contribution >= 4 is 26.7 Å². The van der Waals surface area contributed by atoms with E-state index < -0.39 is 0 Å². The Hall–Kier alpha value is -2.10. The van der Waals surface area contributed by atoms with Crippen LogP contribution in [0.1, 0.15) is 15.9 Å². The van der Waals surface area contributed by atoms with Crippen LogP contribution in [0, 0.1) is 0 Å². The molecule has 0 atom stereocenters. The van der Waals surface area contributed by atoms with Crippen molar-refractivity contribution in [3.05, 3.63) is 65.7 Å². The van der Waals surface area contributed by atoms with E-state index in [-0.39, 0.29) is 5.91 Å². The summed E-state index contributed by atoms with van der Waals surface area (Å²) in [7, 11) is 1.59. The van der Waals surface area contributed by atoms with Gasteiger partial charge in [0.15, 0.2) is 0 Å². The van der Waals surface area contributed by atoms with Crippen LogP contribution in [0.4, 0.5) is 0 Å². The van der Waals surface area contributed by atoms with Gasteiger partial charge in [-0.05, 0) is 0 Å². The maximum atomic E-state index is 12.0. The molecule has 0 aliphatic carbocycles. The quantitative estimate of drug-likeness (QED) is 0.524. The van der Waals surface area contributed by atoms with Crippen LogP contribution in [0.15, 0.2) is 59.6 Å². The second-order valence-corrected chi connectivity index (χ2v) is 5.10. The molecule has 0 saturated carbocycles. The average Bonchev–Trinajstić information content (AvgIpc) is 2.54. The van der Waals surface area contributed by atoms with E-state index in [1.54, 1.807) is 31.4 Å². The standard InChI is InChI=1S/C16H15N2O2Se/c1-20-14-9-7-13(8-10-14)15(19)18-16(21)17-11-12-5-3-2-4-6-12/h2-10H,11H2,1H3,(H,17,18,19). The Morgan fingerprint density at radius 2 is 1.81 bits per heavy atom. The molecule has 2 rings (SSSR count). The van der Waals surface area contributed by atoms with Crippen molar-refractivity contribution in [2.24, 2.45) is 4.99 Å². The van der Waals surface area contributed by atoms with Crippen molar-refractivity contribution in [2.45, 2.75) is 6.54 Å². The van der Waals surface area contributed by atoms with E-state index in [0.29, 0.717) is 22.6 Å². The molecule has 2 aromatic rings. The number of ether oxygens (including phenoxy) is 1. The van der Waals surface area contributed by atoms with E-state index in [1.165, 1.54) is 0 Å². The minimum absolute atomic E-state index is 0.205. The van der Waals surface area contributed by atoms with E-state index in [0.717, 1.165) is 5.56 Å². The van der Waals surface area contributed by atoms with Gasteiger partial charge in [0.2, 0.25) is 0 Å². The molecule has 1 N–H and O–H groups in total. The molecule has 0 aliphatic heterocycles. The number of rotatable bonds is 4. The topological polar surface area (TPSA) is 50.7 Å². The third-order valence-corrected chi connectivity index (χ3v) is 3.31. The molecule has 2 aromatic carbocycles. The SMILES string of the molecule is COc1ccc(C(=O)NC([Se])=NCc2ccccc2)cc1. The number of nitrogens with one attached hydrogen (secondary N) is 1. The van der Waals surface area contributed by atoms with Crippen LogP contribution in [-0.2, 0) is 6.54 Å². The van der Waals surface area contributed by atoms with Crippen LogP contribution >= 0.6 is 0 Å². The van der Waals surface area contributed by atoms with Crippen molar-refractivity contribution in [3.8, 4) is 5.75 Å². The van der Waals surface area contributed by atoms with E-state index in [4.69, 9.17) is 4.74 Å². The Balaban J connectivity index is 1.94. The number of amides is 1. The van der Waals surface area contributed by atoms with Gasteiger partial charge in [0, 0.05) is 0 Å². The summed E-state index contributed by atoms with van der Waals surface area (Å²) < 4.78 is 5.53. The molecule has 0 heterocycles. The summed E-state index contributed by atoms with van der Waals surface area (Å²) >= 11 is 2.76. The second kappa shape index (κ2) is 7.62. The third-order valence-electron chi connectivity index (χ3n) is 2.82. The monoisotopic (exact) mass is 347 g/mol. The van der Waals surface area contributed by atoms with Gasteiger partial charge in [-0.25, -0.2) is 0 Å². The summed E-state index contributed by atoms with van der Waals surface area (Å²) in [6, 6.07) is 16.8. The molecule has 5 heteroatoms. The van der Waals surface area contributed by atoms with Gasteiger partial charge in [0.25, 0.3) is 0 Å². The molecular formula is C16H15N2O2Se. The number of hydrogen-bond donors (Lipinski definition) is 1. The molecule has 0 aromatic heterocycles. The van der Waals surface area contributed by atoms with Crippen molar-refractivity contribution in [2.75, 3.05) is 7.11 Å². The molecule has 0 saturated heterocycles. The molecule has 0 spiro atoms. The zero-order valence-corrected chi connectivity index (χ0v) is 13.3. The summed E-state index contributed by atoms with van der Waals surface area (Å²) in [6.45, 7) is 0.520. The Labute approximate surface area is 132 Å². The first kappa shape index (κ1) is 15.3. The molecular weight excluding hydrogens is 331 g/mol. The van der Waals surface area contributed by atoms with E-state index in [1.807, 2.05) is 30.3 Å². The predicted octanol–water partition coefficient (Wildman–Crippen LogP) is 2.15. The molecule has 1 radical (unpaired) electrons. The Morgan fingerprint density at radius 1 is 1.14 bits per heavy atom. The average molecular weight is 346 g/mol. The molecule has 0 unspecified atom stereocenters. The summed E-state index contributed by atoms with van der Waals surface area (Å²) in [6.07, 6.45) is 0. The van der Waals surface area contributed by atoms with Gasteiger partial charge >= 0.3 is 132 Å². The number of carbonyl (C=O) groups excluding carboxylic acids is 1. The summed E-state index contributed by atoms with van der Waals surface area (Å²) in [5.74, 6) is 0.510. The third kappa shape index (κ3) is 4.74. The number of hydrogen-bond acceptors (Lipinski definition) is 3. The number of benzene rings is 2. The second-order valence-electron chi connectivity index (χ2n) is 4.29. The number of aliphatic imine (C=N–C) groups is 1. The molecule has 4 nitrogen and oxygen atoms in total. The van der Waals surface area contributed by atoms with Crippen molar-refractivity contribution in [3.63, 3.8) is 0 Å². The Kier molecular flexibility index (Phi) is 5.55. The van der Waals surface area contributed by atoms with E-state index in [2.05, 4.69) is 26.3 Å². The number of carbonyl (C=O) groups is 1. The Morgan fingerprint density at radius 3 is 2.43 bits per heavy atom. The van der Waals surface area contributed by atoms with E-state index in [9.17, 15) is 4.79 Å². The fourth-order valence-corrected chi connectivity index (χ4v) is 2.03. The van der Waals surface area contributed by atoms with Gasteiger partial charge in [-0.15, -0.1) is 0 Å². The first-order chi connectivity index (χ1) is 10.2. The Bertz CT molecular complexity index is 624. The molecule has 1 amide bonds. The van der Waals surface area contributed by atoms with E-state index >= 15 is 0 Å². The van der Waals surface area contributed by atoms with Crippen molar-refractivity contribution in [1.29, 1.82) is 0 Å². The fraction of sp³-hybridized carbons (Fsp3) is 0.125. The van der Waals surface area contributed by atoms with Gasteiger partial charge < -0.3 is 0 Å². The van der Waals surface area contributed by atoms with Gasteiger partial charge in [0.1, 0.15) is 0 Å². The number of methoxy groups -OCH3 is 1. The van der Waals surface area contributed by atoms with Crippen LogP contribution in [0.5, 0.6) is 5.75 Å². The van der Waals surface area contributed by atoms with Crippen LogP contribution in [0.3, 0.4) is 0 Å². The maximum absolute atomic E-state index is 12.0. The first-order valence-electron chi connectivity index (χ1n) is 6.40. The minimum atomic E-state index is -0.205. The molecule has 0 fully saturated rings. The molecule has 21 heavy (non-hydrogen) atoms. The van der Waals surface area contributed by atoms with Gasteiger partial charge in [-0.3, -0.25) is 0 Å². The molecule has 0 aliphatic rings. The normalized spacial score (nSPS) is 11.0. The van der Waals surface area contributed by atoms with Crippen LogP contribution in [0.2, 0.25) is 0 Å². The zero-order valence-electron chi connectivity index (χ0n) is 11.6. The molecule has 0 bridgehead atoms. The first-order valence-corrected chi connectivity index (χ1v) is 7.25.